The standard InChI is InChI=1S/C10H15N3/c1-2-7-13-10(4-6-12-13)9-3-5-11-8-9/h2,4,6,9,11H,1,3,5,7-8H2. The number of aromatic nitrogens is 2. The SMILES string of the molecule is C=CCn1nccc1C1CCNC1. The molecule has 0 amide bonds. The van der Waals surface area contributed by atoms with Gasteiger partial charge in [-0.2, -0.15) is 5.10 Å². The summed E-state index contributed by atoms with van der Waals surface area (Å²) in [5.74, 6) is 0.641. The molecular weight excluding hydrogens is 162 g/mol. The van der Waals surface area contributed by atoms with E-state index in [1.807, 2.05) is 17.0 Å². The summed E-state index contributed by atoms with van der Waals surface area (Å²) < 4.78 is 2.03. The van der Waals surface area contributed by atoms with Crippen molar-refractivity contribution in [2.45, 2.75) is 18.9 Å². The topological polar surface area (TPSA) is 29.9 Å². The van der Waals surface area contributed by atoms with Gasteiger partial charge in [0.1, 0.15) is 0 Å². The van der Waals surface area contributed by atoms with E-state index in [9.17, 15) is 0 Å². The fraction of sp³-hybridized carbons (Fsp3) is 0.500. The molecule has 0 aliphatic carbocycles. The Bertz CT molecular complexity index is 284. The highest BCUT2D eigenvalue weighted by Gasteiger charge is 2.19. The number of hydrogen-bond acceptors (Lipinski definition) is 2. The zero-order valence-electron chi connectivity index (χ0n) is 7.74. The number of nitrogens with one attached hydrogen (secondary N) is 1. The quantitative estimate of drug-likeness (QED) is 0.702. The third kappa shape index (κ3) is 1.65. The van der Waals surface area contributed by atoms with E-state index in [0.717, 1.165) is 19.6 Å². The zero-order chi connectivity index (χ0) is 9.10. The van der Waals surface area contributed by atoms with Crippen LogP contribution in [0.1, 0.15) is 18.0 Å². The summed E-state index contributed by atoms with van der Waals surface area (Å²) in [6, 6.07) is 2.11. The van der Waals surface area contributed by atoms with E-state index in [0.29, 0.717) is 5.92 Å². The molecule has 1 aliphatic heterocycles. The fourth-order valence-corrected chi connectivity index (χ4v) is 1.87. The summed E-state index contributed by atoms with van der Waals surface area (Å²) in [7, 11) is 0. The van der Waals surface area contributed by atoms with Gasteiger partial charge in [0.05, 0.1) is 6.54 Å². The summed E-state index contributed by atoms with van der Waals surface area (Å²) >= 11 is 0. The highest BCUT2D eigenvalue weighted by atomic mass is 15.3. The van der Waals surface area contributed by atoms with Crippen molar-refractivity contribution < 1.29 is 0 Å². The highest BCUT2D eigenvalue weighted by Crippen LogP contribution is 2.21. The molecule has 1 aliphatic rings. The van der Waals surface area contributed by atoms with Crippen molar-refractivity contribution >= 4 is 0 Å². The first-order chi connectivity index (χ1) is 6.42. The molecule has 3 heteroatoms. The molecule has 0 aromatic carbocycles. The molecule has 1 unspecified atom stereocenters. The van der Waals surface area contributed by atoms with Crippen LogP contribution >= 0.6 is 0 Å². The molecule has 0 saturated carbocycles. The van der Waals surface area contributed by atoms with E-state index >= 15 is 0 Å². The van der Waals surface area contributed by atoms with Gasteiger partial charge < -0.3 is 5.32 Å². The minimum absolute atomic E-state index is 0.641. The zero-order valence-corrected chi connectivity index (χ0v) is 7.74. The lowest BCUT2D eigenvalue weighted by Crippen LogP contribution is -2.12. The summed E-state index contributed by atoms with van der Waals surface area (Å²) in [5, 5.41) is 7.63. The van der Waals surface area contributed by atoms with E-state index in [4.69, 9.17) is 0 Å². The fourth-order valence-electron chi connectivity index (χ4n) is 1.87. The Balaban J connectivity index is 2.17. The van der Waals surface area contributed by atoms with Crippen LogP contribution in [0.3, 0.4) is 0 Å². The maximum atomic E-state index is 4.27. The number of allylic oxidation sites excluding steroid dienone is 1. The monoisotopic (exact) mass is 177 g/mol. The van der Waals surface area contributed by atoms with Gasteiger partial charge in [0.2, 0.25) is 0 Å². The Morgan fingerprint density at radius 1 is 1.77 bits per heavy atom. The average molecular weight is 177 g/mol. The van der Waals surface area contributed by atoms with Crippen molar-refractivity contribution in [2.24, 2.45) is 0 Å². The lowest BCUT2D eigenvalue weighted by molar-refractivity contribution is 0.605. The molecular formula is C10H15N3. The molecule has 70 valence electrons. The smallest absolute Gasteiger partial charge is 0.0590 e. The first-order valence-electron chi connectivity index (χ1n) is 4.75. The molecule has 1 atom stereocenters. The van der Waals surface area contributed by atoms with Gasteiger partial charge in [0.15, 0.2) is 0 Å². The summed E-state index contributed by atoms with van der Waals surface area (Å²) in [4.78, 5) is 0. The second kappa shape index (κ2) is 3.75. The minimum atomic E-state index is 0.641. The Morgan fingerprint density at radius 2 is 2.69 bits per heavy atom. The Kier molecular flexibility index (Phi) is 2.45. The highest BCUT2D eigenvalue weighted by molar-refractivity contribution is 5.11. The predicted molar refractivity (Wildman–Crippen MR) is 52.7 cm³/mol. The van der Waals surface area contributed by atoms with Gasteiger partial charge in [-0.3, -0.25) is 4.68 Å². The van der Waals surface area contributed by atoms with Crippen molar-refractivity contribution in [3.63, 3.8) is 0 Å². The van der Waals surface area contributed by atoms with Gasteiger partial charge in [-0.1, -0.05) is 6.08 Å². The van der Waals surface area contributed by atoms with Crippen molar-refractivity contribution in [1.82, 2.24) is 15.1 Å². The molecule has 0 bridgehead atoms. The molecule has 0 radical (unpaired) electrons. The average Bonchev–Trinajstić information content (AvgIpc) is 2.71. The molecule has 1 fully saturated rings. The van der Waals surface area contributed by atoms with Crippen LogP contribution in [0, 0.1) is 0 Å². The molecule has 1 saturated heterocycles. The summed E-state index contributed by atoms with van der Waals surface area (Å²) in [6.07, 6.45) is 4.98. The third-order valence-electron chi connectivity index (χ3n) is 2.53. The van der Waals surface area contributed by atoms with Crippen molar-refractivity contribution in [3.05, 3.63) is 30.6 Å². The number of rotatable bonds is 3. The van der Waals surface area contributed by atoms with Crippen molar-refractivity contribution in [1.29, 1.82) is 0 Å². The van der Waals surface area contributed by atoms with Crippen LogP contribution in [0.2, 0.25) is 0 Å². The van der Waals surface area contributed by atoms with Crippen LogP contribution in [0.4, 0.5) is 0 Å². The second-order valence-corrected chi connectivity index (χ2v) is 3.42. The molecule has 3 nitrogen and oxygen atoms in total. The first-order valence-corrected chi connectivity index (χ1v) is 4.75. The molecule has 13 heavy (non-hydrogen) atoms. The van der Waals surface area contributed by atoms with Crippen molar-refractivity contribution in [3.8, 4) is 0 Å². The molecule has 2 rings (SSSR count). The maximum Gasteiger partial charge on any atom is 0.0590 e. The molecule has 1 aromatic heterocycles. The van der Waals surface area contributed by atoms with E-state index in [1.165, 1.54) is 12.1 Å². The van der Waals surface area contributed by atoms with E-state index in [2.05, 4.69) is 23.1 Å². The Morgan fingerprint density at radius 3 is 3.38 bits per heavy atom. The third-order valence-corrected chi connectivity index (χ3v) is 2.53. The van der Waals surface area contributed by atoms with E-state index in [1.54, 1.807) is 0 Å². The van der Waals surface area contributed by atoms with Crippen LogP contribution in [0.5, 0.6) is 0 Å². The molecule has 1 aromatic rings. The first kappa shape index (κ1) is 8.51. The van der Waals surface area contributed by atoms with Gasteiger partial charge >= 0.3 is 0 Å². The van der Waals surface area contributed by atoms with Crippen LogP contribution in [-0.4, -0.2) is 22.9 Å². The van der Waals surface area contributed by atoms with Crippen LogP contribution in [0.15, 0.2) is 24.9 Å². The van der Waals surface area contributed by atoms with E-state index in [-0.39, 0.29) is 0 Å². The predicted octanol–water partition coefficient (Wildman–Crippen LogP) is 1.15. The summed E-state index contributed by atoms with van der Waals surface area (Å²) in [5.41, 5.74) is 1.34. The van der Waals surface area contributed by atoms with Crippen LogP contribution in [-0.2, 0) is 6.54 Å². The van der Waals surface area contributed by atoms with Crippen LogP contribution < -0.4 is 5.32 Å². The van der Waals surface area contributed by atoms with Gasteiger partial charge in [0, 0.05) is 24.4 Å². The Hall–Kier alpha value is -1.09. The summed E-state index contributed by atoms with van der Waals surface area (Å²) in [6.45, 7) is 6.76. The van der Waals surface area contributed by atoms with Gasteiger partial charge in [-0.25, -0.2) is 0 Å². The molecule has 1 N–H and O–H groups in total. The van der Waals surface area contributed by atoms with Crippen molar-refractivity contribution in [2.75, 3.05) is 13.1 Å². The molecule has 0 spiro atoms. The lowest BCUT2D eigenvalue weighted by atomic mass is 10.1. The minimum Gasteiger partial charge on any atom is -0.316 e. The van der Waals surface area contributed by atoms with Gasteiger partial charge in [-0.15, -0.1) is 6.58 Å². The Labute approximate surface area is 78.4 Å². The van der Waals surface area contributed by atoms with Gasteiger partial charge in [0.25, 0.3) is 0 Å². The largest absolute Gasteiger partial charge is 0.316 e. The normalized spacial score (nSPS) is 22.0. The van der Waals surface area contributed by atoms with Gasteiger partial charge in [-0.05, 0) is 19.0 Å². The maximum absolute atomic E-state index is 4.27. The number of nitrogens with zero attached hydrogens (tertiary/aromatic N) is 2. The van der Waals surface area contributed by atoms with E-state index < -0.39 is 0 Å². The second-order valence-electron chi connectivity index (χ2n) is 3.42. The number of hydrogen-bond donors (Lipinski definition) is 1. The lowest BCUT2D eigenvalue weighted by Gasteiger charge is -2.10. The molecule has 2 heterocycles. The van der Waals surface area contributed by atoms with Crippen LogP contribution in [0.25, 0.3) is 0 Å².